The van der Waals surface area contributed by atoms with E-state index in [1.165, 1.54) is 10.7 Å². The number of hydrogen-bond acceptors (Lipinski definition) is 6. The Morgan fingerprint density at radius 1 is 1.23 bits per heavy atom. The number of rotatable bonds is 4. The number of fused-ring (bicyclic) bond motifs is 1. The lowest BCUT2D eigenvalue weighted by molar-refractivity contribution is 0.507. The number of benzene rings is 1. The molecule has 1 fully saturated rings. The molecule has 2 atom stereocenters. The molecule has 1 aliphatic carbocycles. The van der Waals surface area contributed by atoms with Gasteiger partial charge in [-0.1, -0.05) is 6.07 Å². The maximum absolute atomic E-state index is 13.4. The molecule has 0 bridgehead atoms. The van der Waals surface area contributed by atoms with Crippen molar-refractivity contribution in [3.8, 4) is 0 Å². The number of sulfone groups is 1. The van der Waals surface area contributed by atoms with Crippen molar-refractivity contribution in [1.82, 2.24) is 19.7 Å². The van der Waals surface area contributed by atoms with Crippen molar-refractivity contribution in [3.63, 3.8) is 0 Å². The first-order valence-corrected chi connectivity index (χ1v) is 9.74. The largest absolute Gasteiger partial charge is 0.366 e. The predicted molar refractivity (Wildman–Crippen MR) is 90.5 cm³/mol. The highest BCUT2D eigenvalue weighted by Crippen LogP contribution is 2.43. The highest BCUT2D eigenvalue weighted by Gasteiger charge is 2.39. The van der Waals surface area contributed by atoms with E-state index in [0.717, 1.165) is 12.3 Å². The van der Waals surface area contributed by atoms with Gasteiger partial charge in [-0.05, 0) is 24.1 Å². The molecule has 136 valence electrons. The predicted octanol–water partition coefficient (Wildman–Crippen LogP) is 2.01. The zero-order valence-electron chi connectivity index (χ0n) is 13.9. The Morgan fingerprint density at radius 3 is 2.69 bits per heavy atom. The highest BCUT2D eigenvalue weighted by atomic mass is 32.2. The average molecular weight is 379 g/mol. The number of hydrogen-bond donors (Lipinski definition) is 1. The van der Waals surface area contributed by atoms with Crippen LogP contribution < -0.4 is 5.32 Å². The van der Waals surface area contributed by atoms with E-state index in [1.807, 2.05) is 0 Å². The van der Waals surface area contributed by atoms with E-state index in [2.05, 4.69) is 20.4 Å². The van der Waals surface area contributed by atoms with E-state index in [-0.39, 0.29) is 17.1 Å². The second-order valence-corrected chi connectivity index (χ2v) is 8.31. The first kappa shape index (κ1) is 16.8. The van der Waals surface area contributed by atoms with Crippen molar-refractivity contribution in [1.29, 1.82) is 0 Å². The van der Waals surface area contributed by atoms with Gasteiger partial charge in [-0.3, -0.25) is 4.68 Å². The number of aromatic nitrogens is 4. The van der Waals surface area contributed by atoms with E-state index < -0.39 is 21.5 Å². The van der Waals surface area contributed by atoms with Crippen LogP contribution >= 0.6 is 0 Å². The maximum Gasteiger partial charge on any atom is 0.250 e. The van der Waals surface area contributed by atoms with Gasteiger partial charge in [0.1, 0.15) is 5.82 Å². The molecule has 1 aliphatic rings. The molecule has 0 amide bonds. The Labute approximate surface area is 148 Å². The lowest BCUT2D eigenvalue weighted by atomic mass is 10.1. The molecular weight excluding hydrogens is 364 g/mol. The van der Waals surface area contributed by atoms with Gasteiger partial charge in [0.05, 0.1) is 11.6 Å². The van der Waals surface area contributed by atoms with E-state index >= 15 is 0 Å². The fourth-order valence-corrected chi connectivity index (χ4v) is 3.43. The van der Waals surface area contributed by atoms with E-state index in [0.29, 0.717) is 28.8 Å². The van der Waals surface area contributed by atoms with Crippen LogP contribution in [0.2, 0.25) is 0 Å². The zero-order chi connectivity index (χ0) is 18.6. The Morgan fingerprint density at radius 2 is 2.00 bits per heavy atom. The third kappa shape index (κ3) is 2.90. The Bertz CT molecular complexity index is 1130. The van der Waals surface area contributed by atoms with Gasteiger partial charge in [-0.25, -0.2) is 22.2 Å². The summed E-state index contributed by atoms with van der Waals surface area (Å²) >= 11 is 0. The lowest BCUT2D eigenvalue weighted by Crippen LogP contribution is -2.11. The summed E-state index contributed by atoms with van der Waals surface area (Å²) in [6, 6.07) is 3.77. The standard InChI is InChI=1S/C16H15F2N5O2S/c1-23-15-10(7-19-23)14(21-16(22-15)26(2,24)25)20-13-6-9(13)8-3-4-11(17)12(18)5-8/h3-5,7,9,13H,6H2,1-2H3,(H,20,21,22)/t9-,13+/m0/s1. The second-order valence-electron chi connectivity index (χ2n) is 6.40. The monoisotopic (exact) mass is 379 g/mol. The first-order chi connectivity index (χ1) is 12.2. The van der Waals surface area contributed by atoms with Gasteiger partial charge in [0.2, 0.25) is 9.84 Å². The number of halogens is 2. The minimum atomic E-state index is -3.60. The topological polar surface area (TPSA) is 89.8 Å². The van der Waals surface area contributed by atoms with Crippen molar-refractivity contribution in [2.24, 2.45) is 7.05 Å². The third-order valence-corrected chi connectivity index (χ3v) is 5.23. The van der Waals surface area contributed by atoms with Crippen LogP contribution in [0.5, 0.6) is 0 Å². The first-order valence-electron chi connectivity index (χ1n) is 7.85. The summed E-state index contributed by atoms with van der Waals surface area (Å²) in [7, 11) is -1.94. The molecule has 26 heavy (non-hydrogen) atoms. The minimum Gasteiger partial charge on any atom is -0.366 e. The molecule has 4 rings (SSSR count). The third-order valence-electron chi connectivity index (χ3n) is 4.39. The van der Waals surface area contributed by atoms with Crippen LogP contribution in [0.25, 0.3) is 11.0 Å². The summed E-state index contributed by atoms with van der Waals surface area (Å²) in [6.45, 7) is 0. The molecule has 1 N–H and O–H groups in total. The number of nitrogens with one attached hydrogen (secondary N) is 1. The van der Waals surface area contributed by atoms with Crippen molar-refractivity contribution in [2.45, 2.75) is 23.5 Å². The van der Waals surface area contributed by atoms with Gasteiger partial charge >= 0.3 is 0 Å². The van der Waals surface area contributed by atoms with Crippen molar-refractivity contribution in [2.75, 3.05) is 11.6 Å². The molecular formula is C16H15F2N5O2S. The summed E-state index contributed by atoms with van der Waals surface area (Å²) < 4.78 is 51.7. The molecule has 2 aromatic heterocycles. The van der Waals surface area contributed by atoms with Gasteiger partial charge in [-0.15, -0.1) is 0 Å². The normalized spacial score (nSPS) is 19.7. The summed E-state index contributed by atoms with van der Waals surface area (Å²) in [5.74, 6) is -1.42. The average Bonchev–Trinajstić information content (AvgIpc) is 3.23. The summed E-state index contributed by atoms with van der Waals surface area (Å²) in [6.07, 6.45) is 3.29. The fraction of sp³-hybridized carbons (Fsp3) is 0.312. The van der Waals surface area contributed by atoms with Crippen LogP contribution in [-0.4, -0.2) is 40.5 Å². The molecule has 7 nitrogen and oxygen atoms in total. The number of anilines is 1. The van der Waals surface area contributed by atoms with E-state index in [9.17, 15) is 17.2 Å². The summed E-state index contributed by atoms with van der Waals surface area (Å²) in [5.41, 5.74) is 1.08. The molecule has 10 heteroatoms. The van der Waals surface area contributed by atoms with Crippen molar-refractivity contribution < 1.29 is 17.2 Å². The molecule has 1 saturated carbocycles. The van der Waals surface area contributed by atoms with Crippen LogP contribution in [-0.2, 0) is 16.9 Å². The van der Waals surface area contributed by atoms with Crippen LogP contribution in [0.4, 0.5) is 14.6 Å². The van der Waals surface area contributed by atoms with Crippen molar-refractivity contribution in [3.05, 3.63) is 41.6 Å². The van der Waals surface area contributed by atoms with Crippen LogP contribution in [0.15, 0.2) is 29.6 Å². The number of aryl methyl sites for hydroxylation is 1. The molecule has 2 heterocycles. The molecule has 0 unspecified atom stereocenters. The van der Waals surface area contributed by atoms with Gasteiger partial charge in [0, 0.05) is 25.3 Å². The molecule has 0 saturated heterocycles. The zero-order valence-corrected chi connectivity index (χ0v) is 14.8. The van der Waals surface area contributed by atoms with E-state index in [4.69, 9.17) is 0 Å². The molecule has 0 aliphatic heterocycles. The Kier molecular flexibility index (Phi) is 3.69. The Hall–Kier alpha value is -2.62. The lowest BCUT2D eigenvalue weighted by Gasteiger charge is -2.08. The van der Waals surface area contributed by atoms with Gasteiger partial charge in [0.25, 0.3) is 5.16 Å². The van der Waals surface area contributed by atoms with Gasteiger partial charge in [0.15, 0.2) is 17.3 Å². The van der Waals surface area contributed by atoms with Gasteiger partial charge < -0.3 is 5.32 Å². The maximum atomic E-state index is 13.4. The fourth-order valence-electron chi connectivity index (χ4n) is 2.92. The van der Waals surface area contributed by atoms with Crippen LogP contribution in [0, 0.1) is 11.6 Å². The molecule has 0 spiro atoms. The molecule has 0 radical (unpaired) electrons. The van der Waals surface area contributed by atoms with Crippen LogP contribution in [0.3, 0.4) is 0 Å². The molecule has 3 aromatic rings. The van der Waals surface area contributed by atoms with Crippen LogP contribution in [0.1, 0.15) is 17.9 Å². The SMILES string of the molecule is Cn1ncc2c(N[C@@H]3C[C@H]3c3ccc(F)c(F)c3)nc(S(C)(=O)=O)nc21. The second kappa shape index (κ2) is 5.70. The van der Waals surface area contributed by atoms with Gasteiger partial charge in [-0.2, -0.15) is 10.1 Å². The Balaban J connectivity index is 1.66. The smallest absolute Gasteiger partial charge is 0.250 e. The minimum absolute atomic E-state index is 0.00605. The molecule has 1 aromatic carbocycles. The number of nitrogens with zero attached hydrogens (tertiary/aromatic N) is 4. The van der Waals surface area contributed by atoms with Crippen molar-refractivity contribution >= 4 is 26.7 Å². The highest BCUT2D eigenvalue weighted by molar-refractivity contribution is 7.90. The quantitative estimate of drug-likeness (QED) is 0.698. The summed E-state index contributed by atoms with van der Waals surface area (Å²) in [4.78, 5) is 8.19. The van der Waals surface area contributed by atoms with E-state index in [1.54, 1.807) is 19.3 Å². The summed E-state index contributed by atoms with van der Waals surface area (Å²) in [5, 5.41) is 7.58.